The minimum Gasteiger partial charge on any atom is -0.508 e. The van der Waals surface area contributed by atoms with Gasteiger partial charge in [0.1, 0.15) is 12.0 Å². The van der Waals surface area contributed by atoms with Crippen LogP contribution in [0.5, 0.6) is 5.75 Å². The van der Waals surface area contributed by atoms with Crippen LogP contribution in [0.1, 0.15) is 47.3 Å². The third-order valence-corrected chi connectivity index (χ3v) is 4.61. The highest BCUT2D eigenvalue weighted by atomic mass is 16.3. The molecule has 0 aliphatic heterocycles. The standard InChI is InChI=1S/C21H24O2/c1-4-21(3,5-2)19-8-6-7-16(12-19)9-10-17-11-18(15-22)14-20(23)13-17/h4,6-8,11-15,23H,1,5,9-10H2,2-3H3. The third-order valence-electron chi connectivity index (χ3n) is 4.61. The highest BCUT2D eigenvalue weighted by Crippen LogP contribution is 2.29. The Bertz CT molecular complexity index is 703. The first kappa shape index (κ1) is 17.0. The van der Waals surface area contributed by atoms with Gasteiger partial charge in [-0.2, -0.15) is 0 Å². The van der Waals surface area contributed by atoms with Gasteiger partial charge < -0.3 is 5.11 Å². The van der Waals surface area contributed by atoms with Gasteiger partial charge in [-0.15, -0.1) is 6.58 Å². The SMILES string of the molecule is C=CC(C)(CC)c1cccc(CCc2cc(O)cc(C=O)c2)c1. The Balaban J connectivity index is 2.17. The Labute approximate surface area is 138 Å². The van der Waals surface area contributed by atoms with E-state index in [0.717, 1.165) is 31.1 Å². The molecule has 0 fully saturated rings. The lowest BCUT2D eigenvalue weighted by Crippen LogP contribution is -2.17. The Morgan fingerprint density at radius 2 is 1.87 bits per heavy atom. The van der Waals surface area contributed by atoms with E-state index in [1.807, 2.05) is 12.1 Å². The lowest BCUT2D eigenvalue weighted by atomic mass is 9.79. The Kier molecular flexibility index (Phi) is 5.38. The summed E-state index contributed by atoms with van der Waals surface area (Å²) in [5.41, 5.74) is 4.00. The van der Waals surface area contributed by atoms with Crippen LogP contribution in [0.25, 0.3) is 0 Å². The van der Waals surface area contributed by atoms with Crippen molar-refractivity contribution in [3.63, 3.8) is 0 Å². The van der Waals surface area contributed by atoms with Gasteiger partial charge in [0, 0.05) is 11.0 Å². The summed E-state index contributed by atoms with van der Waals surface area (Å²) in [4.78, 5) is 10.9. The van der Waals surface area contributed by atoms with Crippen molar-refractivity contribution in [3.8, 4) is 5.75 Å². The molecule has 2 heteroatoms. The number of hydrogen-bond acceptors (Lipinski definition) is 2. The lowest BCUT2D eigenvalue weighted by molar-refractivity contribution is 0.112. The van der Waals surface area contributed by atoms with Gasteiger partial charge in [-0.1, -0.05) is 44.2 Å². The molecule has 1 atom stereocenters. The Hall–Kier alpha value is -2.35. The van der Waals surface area contributed by atoms with Crippen LogP contribution < -0.4 is 0 Å². The molecule has 0 heterocycles. The van der Waals surface area contributed by atoms with Crippen molar-refractivity contribution in [2.24, 2.45) is 0 Å². The highest BCUT2D eigenvalue weighted by Gasteiger charge is 2.20. The summed E-state index contributed by atoms with van der Waals surface area (Å²) in [5.74, 6) is 0.142. The van der Waals surface area contributed by atoms with Crippen LogP contribution in [-0.4, -0.2) is 11.4 Å². The summed E-state index contributed by atoms with van der Waals surface area (Å²) < 4.78 is 0. The number of hydrogen-bond donors (Lipinski definition) is 1. The van der Waals surface area contributed by atoms with Crippen molar-refractivity contribution in [3.05, 3.63) is 77.4 Å². The minimum absolute atomic E-state index is 0.00822. The molecule has 0 saturated carbocycles. The quantitative estimate of drug-likeness (QED) is 0.587. The van der Waals surface area contributed by atoms with Gasteiger partial charge in [-0.3, -0.25) is 4.79 Å². The highest BCUT2D eigenvalue weighted by molar-refractivity contribution is 5.76. The van der Waals surface area contributed by atoms with E-state index in [-0.39, 0.29) is 11.2 Å². The number of rotatable bonds is 7. The predicted molar refractivity (Wildman–Crippen MR) is 95.2 cm³/mol. The van der Waals surface area contributed by atoms with Crippen molar-refractivity contribution in [2.75, 3.05) is 0 Å². The molecule has 1 N–H and O–H groups in total. The van der Waals surface area contributed by atoms with Crippen LogP contribution in [0.4, 0.5) is 0 Å². The first-order valence-electron chi connectivity index (χ1n) is 8.02. The minimum atomic E-state index is -0.00822. The van der Waals surface area contributed by atoms with Crippen LogP contribution >= 0.6 is 0 Å². The molecule has 0 aliphatic carbocycles. The normalized spacial score (nSPS) is 13.3. The van der Waals surface area contributed by atoms with Gasteiger partial charge in [-0.25, -0.2) is 0 Å². The maximum absolute atomic E-state index is 10.9. The summed E-state index contributed by atoms with van der Waals surface area (Å²) in [6, 6.07) is 13.6. The lowest BCUT2D eigenvalue weighted by Gasteiger charge is -2.25. The van der Waals surface area contributed by atoms with E-state index in [4.69, 9.17) is 0 Å². The maximum Gasteiger partial charge on any atom is 0.150 e. The number of phenolic OH excluding ortho intramolecular Hbond substituents is 1. The summed E-state index contributed by atoms with van der Waals surface area (Å²) in [6.07, 6.45) is 5.44. The second-order valence-corrected chi connectivity index (χ2v) is 6.23. The molecular weight excluding hydrogens is 284 g/mol. The summed E-state index contributed by atoms with van der Waals surface area (Å²) in [6.45, 7) is 8.34. The topological polar surface area (TPSA) is 37.3 Å². The van der Waals surface area contributed by atoms with Gasteiger partial charge in [0.05, 0.1) is 0 Å². The smallest absolute Gasteiger partial charge is 0.150 e. The van der Waals surface area contributed by atoms with E-state index >= 15 is 0 Å². The van der Waals surface area contributed by atoms with E-state index in [9.17, 15) is 9.90 Å². The fourth-order valence-electron chi connectivity index (χ4n) is 2.75. The molecular formula is C21H24O2. The van der Waals surface area contributed by atoms with Crippen molar-refractivity contribution in [1.82, 2.24) is 0 Å². The zero-order valence-electron chi connectivity index (χ0n) is 13.9. The molecule has 23 heavy (non-hydrogen) atoms. The molecule has 2 aromatic carbocycles. The molecule has 2 aromatic rings. The van der Waals surface area contributed by atoms with Crippen molar-refractivity contribution >= 4 is 6.29 Å². The Morgan fingerprint density at radius 1 is 1.13 bits per heavy atom. The molecule has 0 bridgehead atoms. The number of benzene rings is 2. The van der Waals surface area contributed by atoms with Crippen molar-refractivity contribution in [1.29, 1.82) is 0 Å². The molecule has 2 nitrogen and oxygen atoms in total. The summed E-state index contributed by atoms with van der Waals surface area (Å²) >= 11 is 0. The second kappa shape index (κ2) is 7.28. The first-order chi connectivity index (χ1) is 11.0. The molecule has 1 unspecified atom stereocenters. The van der Waals surface area contributed by atoms with Crippen LogP contribution in [0.15, 0.2) is 55.1 Å². The van der Waals surface area contributed by atoms with Crippen LogP contribution in [0.3, 0.4) is 0 Å². The second-order valence-electron chi connectivity index (χ2n) is 6.23. The van der Waals surface area contributed by atoms with E-state index in [1.165, 1.54) is 17.2 Å². The molecule has 0 aromatic heterocycles. The number of aryl methyl sites for hydroxylation is 2. The molecule has 0 saturated heterocycles. The number of allylic oxidation sites excluding steroid dienone is 1. The predicted octanol–water partition coefficient (Wildman–Crippen LogP) is 4.84. The fourth-order valence-corrected chi connectivity index (χ4v) is 2.75. The molecule has 0 amide bonds. The average molecular weight is 308 g/mol. The van der Waals surface area contributed by atoms with E-state index in [1.54, 1.807) is 6.07 Å². The van der Waals surface area contributed by atoms with Gasteiger partial charge in [0.15, 0.2) is 0 Å². The number of carbonyl (C=O) groups is 1. The Morgan fingerprint density at radius 3 is 2.52 bits per heavy atom. The monoisotopic (exact) mass is 308 g/mol. The zero-order valence-corrected chi connectivity index (χ0v) is 13.9. The summed E-state index contributed by atoms with van der Waals surface area (Å²) in [5, 5.41) is 9.67. The summed E-state index contributed by atoms with van der Waals surface area (Å²) in [7, 11) is 0. The van der Waals surface area contributed by atoms with E-state index < -0.39 is 0 Å². The van der Waals surface area contributed by atoms with E-state index in [0.29, 0.717) is 5.56 Å². The van der Waals surface area contributed by atoms with Crippen LogP contribution in [-0.2, 0) is 18.3 Å². The third kappa shape index (κ3) is 4.10. The molecule has 0 spiro atoms. The number of carbonyl (C=O) groups excluding carboxylic acids is 1. The largest absolute Gasteiger partial charge is 0.508 e. The van der Waals surface area contributed by atoms with Gasteiger partial charge >= 0.3 is 0 Å². The molecule has 0 radical (unpaired) electrons. The van der Waals surface area contributed by atoms with Crippen LogP contribution in [0, 0.1) is 0 Å². The zero-order chi connectivity index (χ0) is 16.9. The van der Waals surface area contributed by atoms with Crippen molar-refractivity contribution in [2.45, 2.75) is 38.5 Å². The maximum atomic E-state index is 10.9. The first-order valence-corrected chi connectivity index (χ1v) is 8.02. The van der Waals surface area contributed by atoms with Crippen molar-refractivity contribution < 1.29 is 9.90 Å². The number of phenols is 1. The molecule has 0 aliphatic rings. The van der Waals surface area contributed by atoms with E-state index in [2.05, 4.69) is 44.7 Å². The number of aldehydes is 1. The van der Waals surface area contributed by atoms with Crippen LogP contribution in [0.2, 0.25) is 0 Å². The average Bonchev–Trinajstić information content (AvgIpc) is 2.59. The number of aromatic hydroxyl groups is 1. The molecule has 2 rings (SSSR count). The molecule has 120 valence electrons. The van der Waals surface area contributed by atoms with Gasteiger partial charge in [0.2, 0.25) is 0 Å². The fraction of sp³-hybridized carbons (Fsp3) is 0.286. The van der Waals surface area contributed by atoms with Gasteiger partial charge in [0.25, 0.3) is 0 Å². The van der Waals surface area contributed by atoms with Gasteiger partial charge in [-0.05, 0) is 54.2 Å².